The van der Waals surface area contributed by atoms with E-state index in [1.807, 2.05) is 6.92 Å². The molecular formula is C18H15BrFNO2. The lowest BCUT2D eigenvalue weighted by Crippen LogP contribution is -1.96. The van der Waals surface area contributed by atoms with E-state index in [4.69, 9.17) is 9.47 Å². The van der Waals surface area contributed by atoms with Crippen LogP contribution in [-0.2, 0) is 0 Å². The van der Waals surface area contributed by atoms with Crippen LogP contribution in [0.4, 0.5) is 4.39 Å². The first-order valence-electron chi connectivity index (χ1n) is 6.97. The minimum absolute atomic E-state index is 0.338. The molecule has 0 unspecified atom stereocenters. The summed E-state index contributed by atoms with van der Waals surface area (Å²) in [5.74, 6) is 0.868. The number of benzene rings is 2. The molecule has 2 aromatic carbocycles. The molecule has 0 aliphatic rings. The highest BCUT2D eigenvalue weighted by Gasteiger charge is 2.10. The van der Waals surface area contributed by atoms with Gasteiger partial charge in [0.1, 0.15) is 5.82 Å². The number of ether oxygens (including phenoxy) is 2. The van der Waals surface area contributed by atoms with Crippen LogP contribution in [0.15, 0.2) is 40.9 Å². The van der Waals surface area contributed by atoms with Crippen LogP contribution >= 0.6 is 15.9 Å². The maximum Gasteiger partial charge on any atom is 0.161 e. The van der Waals surface area contributed by atoms with Gasteiger partial charge in [-0.2, -0.15) is 5.26 Å². The number of methoxy groups -OCH3 is 1. The summed E-state index contributed by atoms with van der Waals surface area (Å²) in [7, 11) is 1.57. The predicted octanol–water partition coefficient (Wildman–Crippen LogP) is 5.06. The zero-order valence-corrected chi connectivity index (χ0v) is 14.4. The number of hydrogen-bond donors (Lipinski definition) is 0. The summed E-state index contributed by atoms with van der Waals surface area (Å²) in [4.78, 5) is 0. The average molecular weight is 376 g/mol. The number of hydrogen-bond acceptors (Lipinski definition) is 3. The van der Waals surface area contributed by atoms with Crippen LogP contribution < -0.4 is 9.47 Å². The predicted molar refractivity (Wildman–Crippen MR) is 91.7 cm³/mol. The number of rotatable bonds is 5. The van der Waals surface area contributed by atoms with Crippen LogP contribution in [-0.4, -0.2) is 13.7 Å². The van der Waals surface area contributed by atoms with Gasteiger partial charge in [-0.15, -0.1) is 0 Å². The van der Waals surface area contributed by atoms with Gasteiger partial charge in [-0.1, -0.05) is 28.1 Å². The van der Waals surface area contributed by atoms with E-state index < -0.39 is 0 Å². The van der Waals surface area contributed by atoms with Crippen LogP contribution in [0.5, 0.6) is 11.5 Å². The topological polar surface area (TPSA) is 42.2 Å². The van der Waals surface area contributed by atoms with Crippen LogP contribution in [0.2, 0.25) is 0 Å². The zero-order chi connectivity index (χ0) is 16.8. The van der Waals surface area contributed by atoms with Gasteiger partial charge in [0.2, 0.25) is 0 Å². The molecule has 0 N–H and O–H groups in total. The van der Waals surface area contributed by atoms with Crippen molar-refractivity contribution in [1.29, 1.82) is 5.26 Å². The van der Waals surface area contributed by atoms with Gasteiger partial charge in [0.05, 0.1) is 25.4 Å². The summed E-state index contributed by atoms with van der Waals surface area (Å²) in [6, 6.07) is 11.5. The number of nitriles is 1. The van der Waals surface area contributed by atoms with Gasteiger partial charge in [-0.3, -0.25) is 0 Å². The van der Waals surface area contributed by atoms with Crippen molar-refractivity contribution in [1.82, 2.24) is 0 Å². The molecule has 0 amide bonds. The lowest BCUT2D eigenvalue weighted by Gasteiger charge is -2.12. The maximum absolute atomic E-state index is 13.0. The third-order valence-corrected chi connectivity index (χ3v) is 3.85. The highest BCUT2D eigenvalue weighted by molar-refractivity contribution is 9.10. The Bertz CT molecular complexity index is 764. The van der Waals surface area contributed by atoms with E-state index in [9.17, 15) is 9.65 Å². The van der Waals surface area contributed by atoms with E-state index in [-0.39, 0.29) is 5.82 Å². The van der Waals surface area contributed by atoms with Crippen LogP contribution in [0.3, 0.4) is 0 Å². The number of nitrogens with zero attached hydrogens (tertiary/aromatic N) is 1. The van der Waals surface area contributed by atoms with E-state index in [2.05, 4.69) is 22.0 Å². The SMILES string of the molecule is CCOc1cc(/C=C(\C#N)c2ccc(F)cc2)c(Br)cc1OC. The third-order valence-electron chi connectivity index (χ3n) is 3.16. The molecule has 0 spiro atoms. The van der Waals surface area contributed by atoms with Gasteiger partial charge < -0.3 is 9.47 Å². The fraction of sp³-hybridized carbons (Fsp3) is 0.167. The summed E-state index contributed by atoms with van der Waals surface area (Å²) >= 11 is 3.47. The smallest absolute Gasteiger partial charge is 0.161 e. The fourth-order valence-electron chi connectivity index (χ4n) is 2.05. The van der Waals surface area contributed by atoms with Gasteiger partial charge in [-0.25, -0.2) is 4.39 Å². The normalized spacial score (nSPS) is 11.0. The molecule has 2 aromatic rings. The molecule has 23 heavy (non-hydrogen) atoms. The molecule has 5 heteroatoms. The van der Waals surface area contributed by atoms with Crippen molar-refractivity contribution in [2.45, 2.75) is 6.92 Å². The molecule has 0 aliphatic heterocycles. The zero-order valence-electron chi connectivity index (χ0n) is 12.8. The van der Waals surface area contributed by atoms with Crippen molar-refractivity contribution < 1.29 is 13.9 Å². The summed E-state index contributed by atoms with van der Waals surface area (Å²) in [6.07, 6.45) is 1.72. The molecule has 0 atom stereocenters. The third kappa shape index (κ3) is 4.11. The molecule has 2 rings (SSSR count). The van der Waals surface area contributed by atoms with Crippen LogP contribution in [0.1, 0.15) is 18.1 Å². The van der Waals surface area contributed by atoms with E-state index in [0.29, 0.717) is 29.2 Å². The first-order chi connectivity index (χ1) is 11.1. The number of allylic oxidation sites excluding steroid dienone is 1. The van der Waals surface area contributed by atoms with Crippen molar-refractivity contribution in [3.05, 3.63) is 57.8 Å². The minimum Gasteiger partial charge on any atom is -0.493 e. The first kappa shape index (κ1) is 17.0. The molecule has 0 saturated carbocycles. The second-order valence-electron chi connectivity index (χ2n) is 4.63. The first-order valence-corrected chi connectivity index (χ1v) is 7.76. The largest absolute Gasteiger partial charge is 0.493 e. The Kier molecular flexibility index (Phi) is 5.78. The van der Waals surface area contributed by atoms with Gasteiger partial charge in [0, 0.05) is 4.47 Å². The minimum atomic E-state index is -0.338. The molecule has 0 heterocycles. The average Bonchev–Trinajstić information content (AvgIpc) is 2.56. The summed E-state index contributed by atoms with van der Waals surface area (Å²) in [5.41, 5.74) is 1.85. The summed E-state index contributed by atoms with van der Waals surface area (Å²) < 4.78 is 24.6. The molecule has 0 saturated heterocycles. The quantitative estimate of drug-likeness (QED) is 0.541. The Labute approximate surface area is 143 Å². The summed E-state index contributed by atoms with van der Waals surface area (Å²) in [5, 5.41) is 9.39. The van der Waals surface area contributed by atoms with Crippen molar-refractivity contribution in [3.63, 3.8) is 0 Å². The molecule has 0 bridgehead atoms. The van der Waals surface area contributed by atoms with Gasteiger partial charge in [0.25, 0.3) is 0 Å². The Hall–Kier alpha value is -2.32. The Morgan fingerprint density at radius 1 is 1.26 bits per heavy atom. The monoisotopic (exact) mass is 375 g/mol. The lowest BCUT2D eigenvalue weighted by atomic mass is 10.0. The molecule has 118 valence electrons. The summed E-state index contributed by atoms with van der Waals surface area (Å²) in [6.45, 7) is 2.39. The van der Waals surface area contributed by atoms with E-state index in [1.54, 1.807) is 37.5 Å². The lowest BCUT2D eigenvalue weighted by molar-refractivity contribution is 0.310. The second-order valence-corrected chi connectivity index (χ2v) is 5.49. The van der Waals surface area contributed by atoms with Crippen LogP contribution in [0.25, 0.3) is 11.6 Å². The highest BCUT2D eigenvalue weighted by atomic mass is 79.9. The molecular weight excluding hydrogens is 361 g/mol. The van der Waals surface area contributed by atoms with Crippen molar-refractivity contribution in [2.75, 3.05) is 13.7 Å². The van der Waals surface area contributed by atoms with Crippen molar-refractivity contribution in [3.8, 4) is 17.6 Å². The second kappa shape index (κ2) is 7.80. The van der Waals surface area contributed by atoms with Gasteiger partial charge in [-0.05, 0) is 48.4 Å². The molecule has 0 aliphatic carbocycles. The van der Waals surface area contributed by atoms with Gasteiger partial charge in [0.15, 0.2) is 11.5 Å². The molecule has 3 nitrogen and oxygen atoms in total. The molecule has 0 radical (unpaired) electrons. The standard InChI is InChI=1S/C18H15BrFNO2/c1-3-23-18-9-13(16(19)10-17(18)22-2)8-14(11-21)12-4-6-15(20)7-5-12/h4-10H,3H2,1-2H3/b14-8+. The highest BCUT2D eigenvalue weighted by Crippen LogP contribution is 2.35. The van der Waals surface area contributed by atoms with Gasteiger partial charge >= 0.3 is 0 Å². The van der Waals surface area contributed by atoms with Crippen molar-refractivity contribution in [2.24, 2.45) is 0 Å². The molecule has 0 fully saturated rings. The van der Waals surface area contributed by atoms with E-state index in [0.717, 1.165) is 10.0 Å². The Morgan fingerprint density at radius 2 is 1.96 bits per heavy atom. The number of halogens is 2. The molecule has 0 aromatic heterocycles. The van der Waals surface area contributed by atoms with E-state index >= 15 is 0 Å². The van der Waals surface area contributed by atoms with Crippen LogP contribution in [0, 0.1) is 17.1 Å². The Morgan fingerprint density at radius 3 is 2.52 bits per heavy atom. The maximum atomic E-state index is 13.0. The van der Waals surface area contributed by atoms with Crippen molar-refractivity contribution >= 4 is 27.6 Å². The van der Waals surface area contributed by atoms with E-state index in [1.165, 1.54) is 12.1 Å². The fourth-order valence-corrected chi connectivity index (χ4v) is 2.49. The Balaban J connectivity index is 2.49.